The first kappa shape index (κ1) is 18.2. The highest BCUT2D eigenvalue weighted by atomic mass is 16.5. The second kappa shape index (κ2) is 6.78. The van der Waals surface area contributed by atoms with Gasteiger partial charge in [-0.3, -0.25) is 14.4 Å². The fourth-order valence-electron chi connectivity index (χ4n) is 4.22. The van der Waals surface area contributed by atoms with Gasteiger partial charge in [0.15, 0.2) is 5.78 Å². The summed E-state index contributed by atoms with van der Waals surface area (Å²) < 4.78 is 6.35. The van der Waals surface area contributed by atoms with Crippen LogP contribution >= 0.6 is 0 Å². The van der Waals surface area contributed by atoms with Crippen LogP contribution in [0.15, 0.2) is 42.5 Å². The number of ketones is 1. The van der Waals surface area contributed by atoms with Gasteiger partial charge in [-0.1, -0.05) is 18.2 Å². The minimum absolute atomic E-state index is 0.0136. The third-order valence-corrected chi connectivity index (χ3v) is 5.87. The topological polar surface area (TPSA) is 112 Å². The highest BCUT2D eigenvalue weighted by Gasteiger charge is 2.53. The van der Waals surface area contributed by atoms with Crippen molar-refractivity contribution >= 4 is 17.6 Å². The van der Waals surface area contributed by atoms with Crippen LogP contribution in [-0.4, -0.2) is 23.2 Å². The maximum atomic E-state index is 13.1. The number of fused-ring (bicyclic) bond motifs is 1. The lowest BCUT2D eigenvalue weighted by atomic mass is 9.65. The van der Waals surface area contributed by atoms with E-state index in [4.69, 9.17) is 16.2 Å². The molecular weight excluding hydrogens is 356 g/mol. The molecule has 1 aliphatic heterocycles. The molecule has 4 rings (SSSR count). The summed E-state index contributed by atoms with van der Waals surface area (Å²) in [5.74, 6) is -0.665. The lowest BCUT2D eigenvalue weighted by Gasteiger charge is -2.49. The molecule has 1 spiro atoms. The van der Waals surface area contributed by atoms with E-state index in [9.17, 15) is 14.4 Å². The maximum Gasteiger partial charge on any atom is 0.248 e. The Kier molecular flexibility index (Phi) is 4.41. The smallest absolute Gasteiger partial charge is 0.248 e. The Hall–Kier alpha value is -3.15. The zero-order chi connectivity index (χ0) is 19.9. The number of amides is 2. The number of nitrogens with two attached hydrogens (primary N) is 2. The second-order valence-corrected chi connectivity index (χ2v) is 7.60. The Morgan fingerprint density at radius 1 is 1.07 bits per heavy atom. The quantitative estimate of drug-likeness (QED) is 0.833. The van der Waals surface area contributed by atoms with E-state index in [1.165, 1.54) is 0 Å². The van der Waals surface area contributed by atoms with Crippen molar-refractivity contribution in [2.75, 3.05) is 0 Å². The van der Waals surface area contributed by atoms with Crippen molar-refractivity contribution < 1.29 is 19.1 Å². The van der Waals surface area contributed by atoms with Crippen molar-refractivity contribution in [2.45, 2.75) is 37.7 Å². The highest BCUT2D eigenvalue weighted by Crippen LogP contribution is 2.50. The molecule has 2 aromatic carbocycles. The van der Waals surface area contributed by atoms with Gasteiger partial charge in [-0.2, -0.15) is 0 Å². The Bertz CT molecular complexity index is 978. The monoisotopic (exact) mass is 378 g/mol. The van der Waals surface area contributed by atoms with Gasteiger partial charge in [-0.05, 0) is 61.1 Å². The molecule has 0 saturated heterocycles. The number of ether oxygens (including phenoxy) is 1. The van der Waals surface area contributed by atoms with Gasteiger partial charge in [-0.25, -0.2) is 0 Å². The largest absolute Gasteiger partial charge is 0.486 e. The zero-order valence-corrected chi connectivity index (χ0v) is 15.4. The molecular formula is C22H22N2O4. The van der Waals surface area contributed by atoms with E-state index in [1.807, 2.05) is 18.2 Å². The van der Waals surface area contributed by atoms with Crippen LogP contribution in [0, 0.1) is 5.92 Å². The van der Waals surface area contributed by atoms with Crippen LogP contribution in [0.5, 0.6) is 5.75 Å². The molecule has 2 aliphatic rings. The van der Waals surface area contributed by atoms with Crippen molar-refractivity contribution in [3.63, 3.8) is 0 Å². The summed E-state index contributed by atoms with van der Waals surface area (Å²) >= 11 is 0. The standard InChI is InChI=1S/C22H22N2O4/c23-19(25)8-7-17-20(26)16-6-5-14(12-18(16)28-22(17)9-2-10-22)13-3-1-4-15(11-13)21(24)27/h1,3-6,11-12,17H,2,7-10H2,(H2,23,25)(H2,24,27). The van der Waals surface area contributed by atoms with Gasteiger partial charge in [-0.15, -0.1) is 0 Å². The van der Waals surface area contributed by atoms with Gasteiger partial charge in [0.25, 0.3) is 0 Å². The molecule has 0 aromatic heterocycles. The van der Waals surface area contributed by atoms with Crippen LogP contribution < -0.4 is 16.2 Å². The summed E-state index contributed by atoms with van der Waals surface area (Å²) in [5.41, 5.74) is 12.8. The van der Waals surface area contributed by atoms with Crippen LogP contribution in [0.2, 0.25) is 0 Å². The third kappa shape index (κ3) is 3.05. The number of Topliss-reactive ketones (excluding diaryl/α,β-unsaturated/α-hetero) is 1. The molecule has 2 aromatic rings. The fraction of sp³-hybridized carbons (Fsp3) is 0.318. The van der Waals surface area contributed by atoms with Crippen molar-refractivity contribution in [1.82, 2.24) is 0 Å². The van der Waals surface area contributed by atoms with E-state index in [1.54, 1.807) is 24.3 Å². The van der Waals surface area contributed by atoms with Gasteiger partial charge >= 0.3 is 0 Å². The average Bonchev–Trinajstić information content (AvgIpc) is 2.65. The molecule has 6 heteroatoms. The lowest BCUT2D eigenvalue weighted by molar-refractivity contribution is -0.119. The number of primary amides is 2. The molecule has 1 atom stereocenters. The highest BCUT2D eigenvalue weighted by molar-refractivity contribution is 6.03. The SMILES string of the molecule is NC(=O)CCC1C(=O)c2ccc(-c3cccc(C(N)=O)c3)cc2OC12CCC2. The van der Waals surface area contributed by atoms with Gasteiger partial charge in [0, 0.05) is 12.0 Å². The minimum atomic E-state index is -0.534. The van der Waals surface area contributed by atoms with E-state index in [0.29, 0.717) is 23.3 Å². The van der Waals surface area contributed by atoms with Crippen LogP contribution in [0.3, 0.4) is 0 Å². The molecule has 6 nitrogen and oxygen atoms in total. The van der Waals surface area contributed by atoms with Crippen molar-refractivity contribution in [2.24, 2.45) is 17.4 Å². The summed E-state index contributed by atoms with van der Waals surface area (Å²) in [5, 5.41) is 0. The van der Waals surface area contributed by atoms with E-state index in [2.05, 4.69) is 0 Å². The molecule has 144 valence electrons. The van der Waals surface area contributed by atoms with Gasteiger partial charge in [0.2, 0.25) is 11.8 Å². The second-order valence-electron chi connectivity index (χ2n) is 7.60. The van der Waals surface area contributed by atoms with Crippen LogP contribution in [-0.2, 0) is 4.79 Å². The molecule has 1 aliphatic carbocycles. The zero-order valence-electron chi connectivity index (χ0n) is 15.4. The molecule has 1 fully saturated rings. The molecule has 1 saturated carbocycles. The van der Waals surface area contributed by atoms with Gasteiger partial charge < -0.3 is 16.2 Å². The van der Waals surface area contributed by atoms with Crippen LogP contribution in [0.4, 0.5) is 0 Å². The van der Waals surface area contributed by atoms with E-state index in [0.717, 1.165) is 30.4 Å². The first-order valence-corrected chi connectivity index (χ1v) is 9.45. The summed E-state index contributed by atoms with van der Waals surface area (Å²) in [4.78, 5) is 35.8. The minimum Gasteiger partial charge on any atom is -0.486 e. The number of carbonyl (C=O) groups excluding carboxylic acids is 3. The Morgan fingerprint density at radius 2 is 1.82 bits per heavy atom. The normalized spacial score (nSPS) is 19.4. The van der Waals surface area contributed by atoms with Gasteiger partial charge in [0.1, 0.15) is 11.4 Å². The Balaban J connectivity index is 1.70. The average molecular weight is 378 g/mol. The predicted octanol–water partition coefficient (Wildman–Crippen LogP) is 2.83. The number of hydrogen-bond acceptors (Lipinski definition) is 4. The Morgan fingerprint density at radius 3 is 2.46 bits per heavy atom. The van der Waals surface area contributed by atoms with Crippen LogP contribution in [0.1, 0.15) is 52.8 Å². The predicted molar refractivity (Wildman–Crippen MR) is 104 cm³/mol. The molecule has 1 unspecified atom stereocenters. The number of benzene rings is 2. The molecule has 1 heterocycles. The fourth-order valence-corrected chi connectivity index (χ4v) is 4.22. The number of hydrogen-bond donors (Lipinski definition) is 2. The maximum absolute atomic E-state index is 13.1. The molecule has 0 bridgehead atoms. The molecule has 2 amide bonds. The van der Waals surface area contributed by atoms with Crippen molar-refractivity contribution in [3.05, 3.63) is 53.6 Å². The van der Waals surface area contributed by atoms with Gasteiger partial charge in [0.05, 0.1) is 11.5 Å². The third-order valence-electron chi connectivity index (χ3n) is 5.87. The Labute approximate surface area is 162 Å². The summed E-state index contributed by atoms with van der Waals surface area (Å²) in [7, 11) is 0. The summed E-state index contributed by atoms with van der Waals surface area (Å²) in [6.45, 7) is 0. The first-order chi connectivity index (χ1) is 13.4. The summed E-state index contributed by atoms with van der Waals surface area (Å²) in [6.07, 6.45) is 3.17. The van der Waals surface area contributed by atoms with Crippen molar-refractivity contribution in [3.8, 4) is 16.9 Å². The van der Waals surface area contributed by atoms with Crippen LogP contribution in [0.25, 0.3) is 11.1 Å². The van der Waals surface area contributed by atoms with E-state index in [-0.39, 0.29) is 18.1 Å². The number of rotatable bonds is 5. The van der Waals surface area contributed by atoms with Crippen molar-refractivity contribution in [1.29, 1.82) is 0 Å². The first-order valence-electron chi connectivity index (χ1n) is 9.45. The number of carbonyl (C=O) groups is 3. The van der Waals surface area contributed by atoms with E-state index < -0.39 is 17.4 Å². The molecule has 0 radical (unpaired) electrons. The van der Waals surface area contributed by atoms with E-state index >= 15 is 0 Å². The molecule has 4 N–H and O–H groups in total. The summed E-state index contributed by atoms with van der Waals surface area (Å²) in [6, 6.07) is 12.5. The molecule has 28 heavy (non-hydrogen) atoms. The lowest BCUT2D eigenvalue weighted by Crippen LogP contribution is -2.55.